The number of para-hydroxylation sites is 1. The van der Waals surface area contributed by atoms with Crippen LogP contribution in [0.25, 0.3) is 10.2 Å². The van der Waals surface area contributed by atoms with Crippen LogP contribution < -0.4 is 5.73 Å². The summed E-state index contributed by atoms with van der Waals surface area (Å²) in [6.07, 6.45) is 4.18. The molecule has 0 aliphatic heterocycles. The maximum atomic E-state index is 6.16. The van der Waals surface area contributed by atoms with Crippen molar-refractivity contribution in [3.8, 4) is 0 Å². The lowest BCUT2D eigenvalue weighted by atomic mass is 10.1. The molecule has 19 heavy (non-hydrogen) atoms. The second-order valence-electron chi connectivity index (χ2n) is 4.47. The van der Waals surface area contributed by atoms with E-state index in [4.69, 9.17) is 5.73 Å². The van der Waals surface area contributed by atoms with Gasteiger partial charge in [-0.3, -0.25) is 9.97 Å². The number of rotatable bonds is 3. The van der Waals surface area contributed by atoms with Crippen LogP contribution in [0.4, 0.5) is 0 Å². The number of fused-ring (bicyclic) bond motifs is 1. The molecule has 0 spiro atoms. The molecule has 0 bridgehead atoms. The van der Waals surface area contributed by atoms with Gasteiger partial charge in [0.15, 0.2) is 0 Å². The van der Waals surface area contributed by atoms with Gasteiger partial charge in [0.25, 0.3) is 0 Å². The van der Waals surface area contributed by atoms with Crippen LogP contribution in [0, 0.1) is 6.92 Å². The zero-order valence-corrected chi connectivity index (χ0v) is 11.4. The highest BCUT2D eigenvalue weighted by molar-refractivity contribution is 7.18. The van der Waals surface area contributed by atoms with Crippen LogP contribution in [0.1, 0.15) is 22.4 Å². The number of aromatic nitrogens is 3. The van der Waals surface area contributed by atoms with E-state index in [1.165, 1.54) is 4.70 Å². The van der Waals surface area contributed by atoms with E-state index in [0.717, 1.165) is 21.9 Å². The summed E-state index contributed by atoms with van der Waals surface area (Å²) in [4.78, 5) is 13.1. The van der Waals surface area contributed by atoms with Gasteiger partial charge in [-0.2, -0.15) is 0 Å². The fraction of sp³-hybridized carbons (Fsp3) is 0.214. The third kappa shape index (κ3) is 2.62. The number of thiazole rings is 1. The number of aryl methyl sites for hydroxylation is 1. The Morgan fingerprint density at radius 2 is 2.05 bits per heavy atom. The maximum Gasteiger partial charge on any atom is 0.0958 e. The molecule has 2 aromatic heterocycles. The molecule has 1 unspecified atom stereocenters. The van der Waals surface area contributed by atoms with E-state index in [-0.39, 0.29) is 6.04 Å². The monoisotopic (exact) mass is 270 g/mol. The molecule has 5 heteroatoms. The summed E-state index contributed by atoms with van der Waals surface area (Å²) in [7, 11) is 0. The Labute approximate surface area is 115 Å². The van der Waals surface area contributed by atoms with Crippen molar-refractivity contribution >= 4 is 21.6 Å². The number of hydrogen-bond donors (Lipinski definition) is 1. The van der Waals surface area contributed by atoms with E-state index in [9.17, 15) is 0 Å². The summed E-state index contributed by atoms with van der Waals surface area (Å²) in [5, 5.41) is 1.04. The van der Waals surface area contributed by atoms with Crippen LogP contribution in [0.15, 0.2) is 36.7 Å². The van der Waals surface area contributed by atoms with E-state index in [0.29, 0.717) is 6.42 Å². The molecule has 0 saturated heterocycles. The minimum absolute atomic E-state index is 0.159. The van der Waals surface area contributed by atoms with Gasteiger partial charge >= 0.3 is 0 Å². The molecule has 0 aliphatic carbocycles. The predicted octanol–water partition coefficient (Wildman–Crippen LogP) is 2.64. The fourth-order valence-corrected chi connectivity index (χ4v) is 2.92. The van der Waals surface area contributed by atoms with Crippen molar-refractivity contribution < 1.29 is 0 Å². The molecule has 1 aromatic carbocycles. The van der Waals surface area contributed by atoms with Crippen LogP contribution in [-0.2, 0) is 6.42 Å². The first kappa shape index (κ1) is 12.2. The minimum atomic E-state index is -0.159. The minimum Gasteiger partial charge on any atom is -0.322 e. The van der Waals surface area contributed by atoms with E-state index in [2.05, 4.69) is 21.0 Å². The molecule has 0 radical (unpaired) electrons. The van der Waals surface area contributed by atoms with Crippen molar-refractivity contribution in [3.63, 3.8) is 0 Å². The van der Waals surface area contributed by atoms with Gasteiger partial charge in [-0.05, 0) is 19.1 Å². The van der Waals surface area contributed by atoms with Gasteiger partial charge in [0.05, 0.1) is 38.9 Å². The number of nitrogens with two attached hydrogens (primary N) is 1. The van der Waals surface area contributed by atoms with Crippen molar-refractivity contribution in [2.45, 2.75) is 19.4 Å². The van der Waals surface area contributed by atoms with Crippen LogP contribution >= 0.6 is 11.3 Å². The van der Waals surface area contributed by atoms with Gasteiger partial charge in [-0.15, -0.1) is 11.3 Å². The smallest absolute Gasteiger partial charge is 0.0958 e. The van der Waals surface area contributed by atoms with Crippen molar-refractivity contribution in [1.82, 2.24) is 15.0 Å². The fourth-order valence-electron chi connectivity index (χ4n) is 1.89. The summed E-state index contributed by atoms with van der Waals surface area (Å²) in [6.45, 7) is 1.91. The average Bonchev–Trinajstić information content (AvgIpc) is 2.81. The average molecular weight is 270 g/mol. The molecule has 0 aliphatic rings. The summed E-state index contributed by atoms with van der Waals surface area (Å²) in [5.74, 6) is 0. The third-order valence-electron chi connectivity index (χ3n) is 2.91. The second kappa shape index (κ2) is 5.03. The Bertz CT molecular complexity index is 657. The quantitative estimate of drug-likeness (QED) is 0.794. The predicted molar refractivity (Wildman–Crippen MR) is 77.0 cm³/mol. The second-order valence-corrected chi connectivity index (χ2v) is 5.58. The largest absolute Gasteiger partial charge is 0.322 e. The number of nitrogens with zero attached hydrogens (tertiary/aromatic N) is 3. The third-order valence-corrected chi connectivity index (χ3v) is 3.97. The van der Waals surface area contributed by atoms with Gasteiger partial charge in [-0.1, -0.05) is 12.1 Å². The molecule has 0 saturated carbocycles. The van der Waals surface area contributed by atoms with E-state index in [1.807, 2.05) is 25.1 Å². The van der Waals surface area contributed by atoms with Gasteiger partial charge in [0.2, 0.25) is 0 Å². The molecule has 1 atom stereocenters. The van der Waals surface area contributed by atoms with E-state index < -0.39 is 0 Å². The summed E-state index contributed by atoms with van der Waals surface area (Å²) >= 11 is 1.68. The first-order valence-corrected chi connectivity index (χ1v) is 6.92. The SMILES string of the molecule is Cc1cnc(C(N)Cc2nc3ccccc3s2)cn1. The van der Waals surface area contributed by atoms with Gasteiger partial charge in [0.1, 0.15) is 0 Å². The zero-order chi connectivity index (χ0) is 13.2. The van der Waals surface area contributed by atoms with Crippen LogP contribution in [0.2, 0.25) is 0 Å². The Hall–Kier alpha value is -1.85. The standard InChI is InChI=1S/C14H14N4S/c1-9-7-17-12(8-16-9)10(15)6-14-18-11-4-2-3-5-13(11)19-14/h2-5,7-8,10H,6,15H2,1H3. The highest BCUT2D eigenvalue weighted by atomic mass is 32.1. The Morgan fingerprint density at radius 1 is 1.21 bits per heavy atom. The Morgan fingerprint density at radius 3 is 2.79 bits per heavy atom. The van der Waals surface area contributed by atoms with Crippen LogP contribution in [0.3, 0.4) is 0 Å². The van der Waals surface area contributed by atoms with Crippen LogP contribution in [-0.4, -0.2) is 15.0 Å². The lowest BCUT2D eigenvalue weighted by Crippen LogP contribution is -2.15. The van der Waals surface area contributed by atoms with Crippen molar-refractivity contribution in [2.75, 3.05) is 0 Å². The lowest BCUT2D eigenvalue weighted by Gasteiger charge is -2.08. The first-order valence-electron chi connectivity index (χ1n) is 6.11. The molecule has 96 valence electrons. The molecule has 0 fully saturated rings. The molecule has 4 nitrogen and oxygen atoms in total. The summed E-state index contributed by atoms with van der Waals surface area (Å²) < 4.78 is 1.19. The molecule has 2 N–H and O–H groups in total. The normalized spacial score (nSPS) is 12.7. The Balaban J connectivity index is 1.82. The maximum absolute atomic E-state index is 6.16. The highest BCUT2D eigenvalue weighted by Gasteiger charge is 2.12. The molecular formula is C14H14N4S. The highest BCUT2D eigenvalue weighted by Crippen LogP contribution is 2.24. The van der Waals surface area contributed by atoms with Crippen molar-refractivity contribution in [1.29, 1.82) is 0 Å². The van der Waals surface area contributed by atoms with Crippen molar-refractivity contribution in [3.05, 3.63) is 53.1 Å². The molecule has 2 heterocycles. The van der Waals surface area contributed by atoms with Gasteiger partial charge in [-0.25, -0.2) is 4.98 Å². The molecular weight excluding hydrogens is 256 g/mol. The lowest BCUT2D eigenvalue weighted by molar-refractivity contribution is 0.687. The van der Waals surface area contributed by atoms with Gasteiger partial charge in [0, 0.05) is 12.6 Å². The summed E-state index contributed by atoms with van der Waals surface area (Å²) in [6, 6.07) is 7.96. The van der Waals surface area contributed by atoms with Crippen LogP contribution in [0.5, 0.6) is 0 Å². The first-order chi connectivity index (χ1) is 9.22. The van der Waals surface area contributed by atoms with E-state index >= 15 is 0 Å². The van der Waals surface area contributed by atoms with Gasteiger partial charge < -0.3 is 5.73 Å². The van der Waals surface area contributed by atoms with E-state index in [1.54, 1.807) is 23.7 Å². The molecule has 0 amide bonds. The zero-order valence-electron chi connectivity index (χ0n) is 10.6. The number of hydrogen-bond acceptors (Lipinski definition) is 5. The molecule has 3 rings (SSSR count). The Kier molecular flexibility index (Phi) is 3.23. The summed E-state index contributed by atoms with van der Waals surface area (Å²) in [5.41, 5.74) is 8.90. The molecule has 3 aromatic rings. The van der Waals surface area contributed by atoms with Crippen molar-refractivity contribution in [2.24, 2.45) is 5.73 Å². The number of benzene rings is 1. The topological polar surface area (TPSA) is 64.7 Å².